The number of carbonyl (C=O) groups is 1. The fraction of sp³-hybridized carbons (Fsp3) is 0.200. The number of aromatic nitrogens is 2. The van der Waals surface area contributed by atoms with Crippen LogP contribution in [0, 0.1) is 13.8 Å². The van der Waals surface area contributed by atoms with Crippen LogP contribution in [0.25, 0.3) is 11.1 Å². The summed E-state index contributed by atoms with van der Waals surface area (Å²) in [4.78, 5) is 16.7. The van der Waals surface area contributed by atoms with Crippen molar-refractivity contribution in [1.29, 1.82) is 0 Å². The Morgan fingerprint density at radius 3 is 2.54 bits per heavy atom. The molecule has 0 bridgehead atoms. The molecule has 2 aromatic heterocycles. The zero-order valence-electron chi connectivity index (χ0n) is 14.7. The number of rotatable bonds is 4. The van der Waals surface area contributed by atoms with Gasteiger partial charge >= 0.3 is 5.97 Å². The lowest BCUT2D eigenvalue weighted by Crippen LogP contribution is -2.07. The molecule has 0 N–H and O–H groups in total. The first kappa shape index (κ1) is 18.5. The number of halogens is 2. The van der Waals surface area contributed by atoms with E-state index in [1.54, 1.807) is 18.3 Å². The normalized spacial score (nSPS) is 10.8. The summed E-state index contributed by atoms with van der Waals surface area (Å²) in [7, 11) is 1.38. The molecule has 0 unspecified atom stereocenters. The fourth-order valence-electron chi connectivity index (χ4n) is 3.15. The number of hydrogen-bond donors (Lipinski definition) is 0. The quantitative estimate of drug-likeness (QED) is 0.568. The average Bonchev–Trinajstić information content (AvgIpc) is 2.89. The van der Waals surface area contributed by atoms with Crippen molar-refractivity contribution in [2.24, 2.45) is 0 Å². The predicted molar refractivity (Wildman–Crippen MR) is 104 cm³/mol. The maximum atomic E-state index is 12.5. The summed E-state index contributed by atoms with van der Waals surface area (Å²) in [6, 6.07) is 9.25. The molecule has 0 atom stereocenters. The van der Waals surface area contributed by atoms with Crippen molar-refractivity contribution in [3.8, 4) is 11.1 Å². The molecule has 0 fully saturated rings. The van der Waals surface area contributed by atoms with Crippen LogP contribution in [0.3, 0.4) is 0 Å². The third kappa shape index (κ3) is 3.35. The van der Waals surface area contributed by atoms with Crippen LogP contribution in [0.15, 0.2) is 42.7 Å². The molecule has 0 saturated carbocycles. The standard InChI is InChI=1S/C20H18Cl2N2O2/c1-12-18(15-6-7-16(21)17(22)9-15)19(20(25)26-3)13(2)24(12)11-14-5-4-8-23-10-14/h4-10H,11H2,1-3H3. The van der Waals surface area contributed by atoms with Crippen LogP contribution < -0.4 is 0 Å². The second-order valence-corrected chi connectivity index (χ2v) is 6.80. The molecule has 3 aromatic rings. The van der Waals surface area contributed by atoms with E-state index in [0.717, 1.165) is 28.1 Å². The van der Waals surface area contributed by atoms with Crippen LogP contribution in [0.4, 0.5) is 0 Å². The van der Waals surface area contributed by atoms with E-state index in [9.17, 15) is 4.79 Å². The molecule has 1 aromatic carbocycles. The summed E-state index contributed by atoms with van der Waals surface area (Å²) < 4.78 is 7.11. The highest BCUT2D eigenvalue weighted by atomic mass is 35.5. The fourth-order valence-corrected chi connectivity index (χ4v) is 3.45. The summed E-state index contributed by atoms with van der Waals surface area (Å²) in [6.45, 7) is 4.50. The van der Waals surface area contributed by atoms with Gasteiger partial charge in [0.15, 0.2) is 0 Å². The minimum Gasteiger partial charge on any atom is -0.465 e. The van der Waals surface area contributed by atoms with Crippen molar-refractivity contribution >= 4 is 29.2 Å². The highest BCUT2D eigenvalue weighted by molar-refractivity contribution is 6.42. The molecular weight excluding hydrogens is 371 g/mol. The lowest BCUT2D eigenvalue weighted by atomic mass is 10.0. The topological polar surface area (TPSA) is 44.1 Å². The summed E-state index contributed by atoms with van der Waals surface area (Å²) in [6.07, 6.45) is 3.55. The zero-order chi connectivity index (χ0) is 18.8. The van der Waals surface area contributed by atoms with E-state index < -0.39 is 0 Å². The number of carbonyl (C=O) groups excluding carboxylic acids is 1. The van der Waals surface area contributed by atoms with Crippen LogP contribution in [0.1, 0.15) is 27.3 Å². The predicted octanol–water partition coefficient (Wildman–Crippen LogP) is 5.31. The van der Waals surface area contributed by atoms with Gasteiger partial charge in [0.25, 0.3) is 0 Å². The van der Waals surface area contributed by atoms with Crippen molar-refractivity contribution in [3.63, 3.8) is 0 Å². The zero-order valence-corrected chi connectivity index (χ0v) is 16.2. The Hall–Kier alpha value is -2.30. The number of methoxy groups -OCH3 is 1. The Bertz CT molecular complexity index is 966. The second-order valence-electron chi connectivity index (χ2n) is 5.99. The monoisotopic (exact) mass is 388 g/mol. The van der Waals surface area contributed by atoms with Gasteiger partial charge in [-0.05, 0) is 43.2 Å². The molecular formula is C20H18Cl2N2O2. The molecule has 3 rings (SSSR count). The number of nitrogens with zero attached hydrogens (tertiary/aromatic N) is 2. The van der Waals surface area contributed by atoms with E-state index in [1.807, 2.05) is 38.2 Å². The van der Waals surface area contributed by atoms with Crippen LogP contribution in [0.2, 0.25) is 10.0 Å². The highest BCUT2D eigenvalue weighted by Gasteiger charge is 2.25. The third-order valence-electron chi connectivity index (χ3n) is 4.44. The Morgan fingerprint density at radius 1 is 1.15 bits per heavy atom. The van der Waals surface area contributed by atoms with Crippen LogP contribution in [-0.4, -0.2) is 22.6 Å². The van der Waals surface area contributed by atoms with Gasteiger partial charge in [-0.2, -0.15) is 0 Å². The van der Waals surface area contributed by atoms with Crippen molar-refractivity contribution < 1.29 is 9.53 Å². The van der Waals surface area contributed by atoms with Gasteiger partial charge in [0.2, 0.25) is 0 Å². The molecule has 0 saturated heterocycles. The summed E-state index contributed by atoms with van der Waals surface area (Å²) in [5.74, 6) is -0.378. The molecule has 26 heavy (non-hydrogen) atoms. The van der Waals surface area contributed by atoms with E-state index >= 15 is 0 Å². The minimum absolute atomic E-state index is 0.378. The number of esters is 1. The van der Waals surface area contributed by atoms with Gasteiger partial charge in [-0.25, -0.2) is 4.79 Å². The van der Waals surface area contributed by atoms with Gasteiger partial charge in [0, 0.05) is 35.9 Å². The molecule has 134 valence electrons. The van der Waals surface area contributed by atoms with Gasteiger partial charge in [-0.3, -0.25) is 4.98 Å². The van der Waals surface area contributed by atoms with E-state index in [-0.39, 0.29) is 5.97 Å². The Labute approximate surface area is 162 Å². The lowest BCUT2D eigenvalue weighted by molar-refractivity contribution is 0.0600. The Morgan fingerprint density at radius 2 is 1.92 bits per heavy atom. The number of pyridine rings is 1. The maximum absolute atomic E-state index is 12.5. The minimum atomic E-state index is -0.378. The number of benzene rings is 1. The molecule has 0 aliphatic rings. The van der Waals surface area contributed by atoms with Gasteiger partial charge in [0.1, 0.15) is 0 Å². The third-order valence-corrected chi connectivity index (χ3v) is 5.18. The summed E-state index contributed by atoms with van der Waals surface area (Å²) in [5.41, 5.74) is 4.99. The van der Waals surface area contributed by atoms with Crippen LogP contribution in [0.5, 0.6) is 0 Å². The van der Waals surface area contributed by atoms with Crippen LogP contribution in [-0.2, 0) is 11.3 Å². The Balaban J connectivity index is 2.20. The second kappa shape index (κ2) is 7.52. The maximum Gasteiger partial charge on any atom is 0.340 e. The molecule has 0 spiro atoms. The van der Waals surface area contributed by atoms with Crippen molar-refractivity contribution in [1.82, 2.24) is 9.55 Å². The van der Waals surface area contributed by atoms with E-state index in [0.29, 0.717) is 22.2 Å². The smallest absolute Gasteiger partial charge is 0.340 e. The first-order chi connectivity index (χ1) is 12.4. The largest absolute Gasteiger partial charge is 0.465 e. The van der Waals surface area contributed by atoms with E-state index in [1.165, 1.54) is 7.11 Å². The van der Waals surface area contributed by atoms with Gasteiger partial charge in [-0.15, -0.1) is 0 Å². The summed E-state index contributed by atoms with van der Waals surface area (Å²) >= 11 is 12.2. The number of ether oxygens (including phenoxy) is 1. The molecule has 2 heterocycles. The van der Waals surface area contributed by atoms with Gasteiger partial charge in [0.05, 0.1) is 22.7 Å². The molecule has 0 radical (unpaired) electrons. The molecule has 6 heteroatoms. The van der Waals surface area contributed by atoms with Crippen molar-refractivity contribution in [2.45, 2.75) is 20.4 Å². The summed E-state index contributed by atoms with van der Waals surface area (Å²) in [5, 5.41) is 0.913. The molecule has 4 nitrogen and oxygen atoms in total. The van der Waals surface area contributed by atoms with Gasteiger partial charge < -0.3 is 9.30 Å². The molecule has 0 aliphatic heterocycles. The Kier molecular flexibility index (Phi) is 5.35. The van der Waals surface area contributed by atoms with Gasteiger partial charge in [-0.1, -0.05) is 35.3 Å². The molecule has 0 aliphatic carbocycles. The first-order valence-electron chi connectivity index (χ1n) is 8.06. The average molecular weight is 389 g/mol. The van der Waals surface area contributed by atoms with E-state index in [4.69, 9.17) is 27.9 Å². The molecule has 0 amide bonds. The first-order valence-corrected chi connectivity index (χ1v) is 8.82. The SMILES string of the molecule is COC(=O)c1c(-c2ccc(Cl)c(Cl)c2)c(C)n(Cc2cccnc2)c1C. The van der Waals surface area contributed by atoms with Crippen LogP contribution >= 0.6 is 23.2 Å². The highest BCUT2D eigenvalue weighted by Crippen LogP contribution is 2.36. The lowest BCUT2D eigenvalue weighted by Gasteiger charge is -2.10. The van der Waals surface area contributed by atoms with E-state index in [2.05, 4.69) is 9.55 Å². The van der Waals surface area contributed by atoms with Crippen molar-refractivity contribution in [3.05, 3.63) is 75.3 Å². The van der Waals surface area contributed by atoms with Crippen molar-refractivity contribution in [2.75, 3.05) is 7.11 Å². The number of hydrogen-bond acceptors (Lipinski definition) is 3.